The second-order valence-electron chi connectivity index (χ2n) is 10.8. The summed E-state index contributed by atoms with van der Waals surface area (Å²) in [7, 11) is 0. The summed E-state index contributed by atoms with van der Waals surface area (Å²) in [6, 6.07) is 15.2. The first kappa shape index (κ1) is 29.9. The Labute approximate surface area is 243 Å². The Hall–Kier alpha value is -2.60. The van der Waals surface area contributed by atoms with Gasteiger partial charge in [0, 0.05) is 22.8 Å². The van der Waals surface area contributed by atoms with Crippen molar-refractivity contribution in [2.75, 3.05) is 0 Å². The fourth-order valence-corrected chi connectivity index (χ4v) is 5.03. The SMILES string of the molecule is C/C=C/C(C)=C\C(C)=C\c1cc(C(C)(C)CC)cc(-c2cc(-c3ccc(CCCCC)cc3)on2)c1OI. The van der Waals surface area contributed by atoms with Crippen LogP contribution in [0.15, 0.2) is 76.4 Å². The van der Waals surface area contributed by atoms with Crippen molar-refractivity contribution in [3.63, 3.8) is 0 Å². The van der Waals surface area contributed by atoms with Crippen LogP contribution in [0.1, 0.15) is 90.8 Å². The maximum atomic E-state index is 5.97. The van der Waals surface area contributed by atoms with Gasteiger partial charge in [-0.05, 0) is 74.8 Å². The lowest BCUT2D eigenvalue weighted by atomic mass is 9.80. The van der Waals surface area contributed by atoms with Gasteiger partial charge in [0.1, 0.15) is 11.4 Å². The summed E-state index contributed by atoms with van der Waals surface area (Å²) in [6.45, 7) is 15.3. The molecule has 0 saturated carbocycles. The van der Waals surface area contributed by atoms with E-state index in [1.165, 1.54) is 36.0 Å². The number of benzene rings is 2. The molecule has 0 fully saturated rings. The Kier molecular flexibility index (Phi) is 11.0. The molecule has 0 bridgehead atoms. The molecule has 1 heterocycles. The lowest BCUT2D eigenvalue weighted by Gasteiger charge is -2.25. The zero-order valence-corrected chi connectivity index (χ0v) is 26.2. The van der Waals surface area contributed by atoms with Gasteiger partial charge in [-0.25, -0.2) is 0 Å². The maximum absolute atomic E-state index is 5.97. The minimum Gasteiger partial charge on any atom is -0.426 e. The van der Waals surface area contributed by atoms with Crippen molar-refractivity contribution in [3.8, 4) is 28.3 Å². The van der Waals surface area contributed by atoms with Gasteiger partial charge < -0.3 is 7.59 Å². The van der Waals surface area contributed by atoms with E-state index in [-0.39, 0.29) is 5.41 Å². The molecule has 0 spiro atoms. The highest BCUT2D eigenvalue weighted by atomic mass is 127. The van der Waals surface area contributed by atoms with Crippen molar-refractivity contribution in [1.29, 1.82) is 0 Å². The molecule has 0 aliphatic heterocycles. The molecule has 3 nitrogen and oxygen atoms in total. The van der Waals surface area contributed by atoms with Crippen LogP contribution >= 0.6 is 23.0 Å². The summed E-state index contributed by atoms with van der Waals surface area (Å²) < 4.78 is 11.8. The van der Waals surface area contributed by atoms with E-state index in [2.05, 4.69) is 107 Å². The molecule has 0 N–H and O–H groups in total. The molecular weight excluding hydrogens is 581 g/mol. The minimum atomic E-state index is 0.00588. The van der Waals surface area contributed by atoms with Crippen molar-refractivity contribution in [2.45, 2.75) is 86.0 Å². The predicted molar refractivity (Wildman–Crippen MR) is 171 cm³/mol. The van der Waals surface area contributed by atoms with Gasteiger partial charge in [-0.3, -0.25) is 0 Å². The third kappa shape index (κ3) is 7.72. The normalized spacial score (nSPS) is 12.9. The number of halogens is 1. The monoisotopic (exact) mass is 623 g/mol. The number of nitrogens with zero attached hydrogens (tertiary/aromatic N) is 1. The van der Waals surface area contributed by atoms with Crippen LogP contribution in [0.2, 0.25) is 0 Å². The summed E-state index contributed by atoms with van der Waals surface area (Å²) in [4.78, 5) is 0. The molecule has 2 aromatic carbocycles. The van der Waals surface area contributed by atoms with E-state index < -0.39 is 0 Å². The van der Waals surface area contributed by atoms with Gasteiger partial charge in [-0.15, -0.1) is 0 Å². The highest BCUT2D eigenvalue weighted by Crippen LogP contribution is 2.41. The van der Waals surface area contributed by atoms with E-state index in [4.69, 9.17) is 7.59 Å². The standard InChI is InChI=1S/C34H42INO2/c1-8-11-12-14-26-15-17-27(18-16-26)32-23-31(36-38-32)30-22-29(34(6,7)10-3)21-28(33(30)37-35)20-25(5)19-24(4)13-9-2/h9,13,15-23H,8,10-12,14H2,1-7H3/b13-9+,24-19-,25-20+. The van der Waals surface area contributed by atoms with E-state index >= 15 is 0 Å². The maximum Gasteiger partial charge on any atom is 0.192 e. The third-order valence-corrected chi connectivity index (χ3v) is 7.66. The van der Waals surface area contributed by atoms with Crippen molar-refractivity contribution >= 4 is 29.1 Å². The largest absolute Gasteiger partial charge is 0.426 e. The molecule has 0 aliphatic carbocycles. The number of aromatic nitrogens is 1. The number of rotatable bonds is 12. The Morgan fingerprint density at radius 3 is 2.39 bits per heavy atom. The molecular formula is C34H42INO2. The Balaban J connectivity index is 2.06. The number of unbranched alkanes of at least 4 members (excludes halogenated alkanes) is 2. The van der Waals surface area contributed by atoms with Crippen LogP contribution in [0.5, 0.6) is 5.75 Å². The summed E-state index contributed by atoms with van der Waals surface area (Å²) in [5.41, 5.74) is 8.78. The molecule has 38 heavy (non-hydrogen) atoms. The van der Waals surface area contributed by atoms with Crippen LogP contribution in [0.4, 0.5) is 0 Å². The molecule has 0 amide bonds. The van der Waals surface area contributed by atoms with Crippen molar-refractivity contribution < 1.29 is 7.59 Å². The highest BCUT2D eigenvalue weighted by molar-refractivity contribution is 14.1. The van der Waals surface area contributed by atoms with E-state index in [9.17, 15) is 0 Å². The van der Waals surface area contributed by atoms with E-state index in [0.717, 1.165) is 52.3 Å². The molecule has 4 heteroatoms. The molecule has 0 saturated heterocycles. The average Bonchev–Trinajstić information content (AvgIpc) is 3.39. The first-order valence-electron chi connectivity index (χ1n) is 13.7. The van der Waals surface area contributed by atoms with Crippen LogP contribution in [0.3, 0.4) is 0 Å². The minimum absolute atomic E-state index is 0.00588. The molecule has 202 valence electrons. The van der Waals surface area contributed by atoms with Crippen molar-refractivity contribution in [3.05, 3.63) is 88.5 Å². The summed E-state index contributed by atoms with van der Waals surface area (Å²) >= 11 is 1.98. The van der Waals surface area contributed by atoms with E-state index in [1.807, 2.05) is 36.0 Å². The summed E-state index contributed by atoms with van der Waals surface area (Å²) in [6.07, 6.45) is 14.4. The quantitative estimate of drug-likeness (QED) is 0.114. The second kappa shape index (κ2) is 14.0. The van der Waals surface area contributed by atoms with Gasteiger partial charge >= 0.3 is 0 Å². The molecule has 0 unspecified atom stereocenters. The van der Waals surface area contributed by atoms with Gasteiger partial charge in [-0.1, -0.05) is 99.3 Å². The predicted octanol–water partition coefficient (Wildman–Crippen LogP) is 11.1. The van der Waals surface area contributed by atoms with Crippen LogP contribution in [0.25, 0.3) is 28.7 Å². The molecule has 0 aliphatic rings. The van der Waals surface area contributed by atoms with E-state index in [0.29, 0.717) is 0 Å². The van der Waals surface area contributed by atoms with Crippen LogP contribution in [-0.2, 0) is 11.8 Å². The van der Waals surface area contributed by atoms with Gasteiger partial charge in [0.05, 0.1) is 0 Å². The summed E-state index contributed by atoms with van der Waals surface area (Å²) in [5, 5.41) is 4.50. The Morgan fingerprint density at radius 2 is 1.76 bits per heavy atom. The number of hydrogen-bond donors (Lipinski definition) is 0. The fourth-order valence-electron chi connectivity index (χ4n) is 4.54. The summed E-state index contributed by atoms with van der Waals surface area (Å²) in [5.74, 6) is 1.56. The molecule has 3 rings (SSSR count). The Morgan fingerprint density at radius 1 is 1.03 bits per heavy atom. The number of hydrogen-bond acceptors (Lipinski definition) is 3. The van der Waals surface area contributed by atoms with Crippen LogP contribution < -0.4 is 3.07 Å². The number of aryl methyl sites for hydroxylation is 1. The van der Waals surface area contributed by atoms with Crippen molar-refractivity contribution in [2.24, 2.45) is 0 Å². The lowest BCUT2D eigenvalue weighted by Crippen LogP contribution is -2.16. The zero-order chi connectivity index (χ0) is 27.7. The zero-order valence-electron chi connectivity index (χ0n) is 24.0. The van der Waals surface area contributed by atoms with Gasteiger partial charge in [-0.2, -0.15) is 0 Å². The van der Waals surface area contributed by atoms with Gasteiger partial charge in [0.2, 0.25) is 0 Å². The second-order valence-corrected chi connectivity index (χ2v) is 11.2. The molecule has 0 radical (unpaired) electrons. The first-order chi connectivity index (χ1) is 18.2. The molecule has 3 aromatic rings. The molecule has 1 aromatic heterocycles. The average molecular weight is 624 g/mol. The highest BCUT2D eigenvalue weighted by Gasteiger charge is 2.24. The molecule has 0 atom stereocenters. The fraction of sp³-hybridized carbons (Fsp3) is 0.382. The van der Waals surface area contributed by atoms with E-state index in [1.54, 1.807) is 0 Å². The van der Waals surface area contributed by atoms with Crippen molar-refractivity contribution in [1.82, 2.24) is 5.16 Å². The first-order valence-corrected chi connectivity index (χ1v) is 14.6. The van der Waals surface area contributed by atoms with Gasteiger partial charge in [0.15, 0.2) is 28.8 Å². The Bertz CT molecular complexity index is 1290. The number of allylic oxidation sites excluding steroid dienone is 5. The van der Waals surface area contributed by atoms with Gasteiger partial charge in [0.25, 0.3) is 0 Å². The van der Waals surface area contributed by atoms with Crippen LogP contribution in [0, 0.1) is 0 Å². The lowest BCUT2D eigenvalue weighted by molar-refractivity contribution is 0.434. The third-order valence-electron chi connectivity index (χ3n) is 7.22. The topological polar surface area (TPSA) is 35.3 Å². The van der Waals surface area contributed by atoms with Crippen LogP contribution in [-0.4, -0.2) is 5.16 Å². The smallest absolute Gasteiger partial charge is 0.192 e.